The lowest BCUT2D eigenvalue weighted by Gasteiger charge is -1.93. The highest BCUT2D eigenvalue weighted by atomic mass is 32.2. The van der Waals surface area contributed by atoms with Crippen molar-refractivity contribution < 1.29 is 4.42 Å². The second-order valence-corrected chi connectivity index (χ2v) is 4.39. The van der Waals surface area contributed by atoms with E-state index in [1.54, 1.807) is 16.8 Å². The third-order valence-electron chi connectivity index (χ3n) is 2.24. The molecule has 0 unspecified atom stereocenters. The summed E-state index contributed by atoms with van der Waals surface area (Å²) in [5.74, 6) is 0. The van der Waals surface area contributed by atoms with Crippen LogP contribution in [0.2, 0.25) is 0 Å². The Morgan fingerprint density at radius 3 is 3.06 bits per heavy atom. The van der Waals surface area contributed by atoms with E-state index in [4.69, 9.17) is 10.2 Å². The van der Waals surface area contributed by atoms with Gasteiger partial charge in [-0.15, -0.1) is 0 Å². The fourth-order valence-electron chi connectivity index (χ4n) is 1.42. The molecule has 0 fully saturated rings. The molecule has 17 heavy (non-hydrogen) atoms. The van der Waals surface area contributed by atoms with Gasteiger partial charge in [0.2, 0.25) is 0 Å². The van der Waals surface area contributed by atoms with Gasteiger partial charge in [-0.25, -0.2) is 14.6 Å². The number of hydrogen-bond donors (Lipinski definition) is 1. The molecule has 0 aliphatic rings. The average molecular weight is 247 g/mol. The highest BCUT2D eigenvalue weighted by Crippen LogP contribution is 2.28. The van der Waals surface area contributed by atoms with Crippen LogP contribution < -0.4 is 5.73 Å². The molecule has 0 saturated heterocycles. The minimum atomic E-state index is 0.529. The Hall–Kier alpha value is -2.02. The zero-order chi connectivity index (χ0) is 11.8. The summed E-state index contributed by atoms with van der Waals surface area (Å²) < 4.78 is 7.23. The molecule has 2 heterocycles. The molecular weight excluding hydrogens is 238 g/mol. The van der Waals surface area contributed by atoms with Crippen LogP contribution in [0.4, 0.5) is 5.69 Å². The van der Waals surface area contributed by atoms with Gasteiger partial charge in [0.25, 0.3) is 5.22 Å². The van der Waals surface area contributed by atoms with Crippen LogP contribution in [0.25, 0.3) is 11.1 Å². The number of nitrogens with two attached hydrogens (primary N) is 1. The van der Waals surface area contributed by atoms with Gasteiger partial charge >= 0.3 is 0 Å². The van der Waals surface area contributed by atoms with Crippen LogP contribution in [-0.2, 0) is 7.05 Å². The molecule has 0 aliphatic heterocycles. The van der Waals surface area contributed by atoms with Crippen LogP contribution in [0.1, 0.15) is 0 Å². The maximum atomic E-state index is 5.67. The minimum absolute atomic E-state index is 0.529. The molecule has 0 aliphatic carbocycles. The van der Waals surface area contributed by atoms with Gasteiger partial charge in [0.1, 0.15) is 11.8 Å². The molecule has 86 valence electrons. The Balaban J connectivity index is 1.99. The standard InChI is InChI=1S/C10H9N5OS/c1-15-9(12-5-13-15)17-10-14-7-3-2-6(11)4-8(7)16-10/h2-5H,11H2,1H3. The Morgan fingerprint density at radius 2 is 2.29 bits per heavy atom. The molecular formula is C10H9N5OS. The molecule has 0 spiro atoms. The lowest BCUT2D eigenvalue weighted by Crippen LogP contribution is -1.91. The number of aromatic nitrogens is 4. The van der Waals surface area contributed by atoms with Crippen molar-refractivity contribution in [3.8, 4) is 0 Å². The SMILES string of the molecule is Cn1ncnc1Sc1nc2ccc(N)cc2o1. The van der Waals surface area contributed by atoms with Crippen molar-refractivity contribution in [2.75, 3.05) is 5.73 Å². The van der Waals surface area contributed by atoms with Gasteiger partial charge in [0.05, 0.1) is 0 Å². The van der Waals surface area contributed by atoms with Gasteiger partial charge in [-0.3, -0.25) is 0 Å². The fourth-order valence-corrected chi connectivity index (χ4v) is 2.13. The third-order valence-corrected chi connectivity index (χ3v) is 3.14. The van der Waals surface area contributed by atoms with Crippen LogP contribution in [-0.4, -0.2) is 19.7 Å². The van der Waals surface area contributed by atoms with Crippen LogP contribution in [0.3, 0.4) is 0 Å². The molecule has 0 radical (unpaired) electrons. The third kappa shape index (κ3) is 1.84. The fraction of sp³-hybridized carbons (Fsp3) is 0.100. The van der Waals surface area contributed by atoms with E-state index >= 15 is 0 Å². The van der Waals surface area contributed by atoms with Gasteiger partial charge in [0, 0.05) is 30.6 Å². The van der Waals surface area contributed by atoms with Crippen LogP contribution in [0.15, 0.2) is 39.3 Å². The van der Waals surface area contributed by atoms with E-state index in [1.807, 2.05) is 13.1 Å². The number of fused-ring (bicyclic) bond motifs is 1. The highest BCUT2D eigenvalue weighted by Gasteiger charge is 2.10. The van der Waals surface area contributed by atoms with E-state index < -0.39 is 0 Å². The summed E-state index contributed by atoms with van der Waals surface area (Å²) >= 11 is 1.32. The number of rotatable bonds is 2. The number of oxazole rings is 1. The zero-order valence-electron chi connectivity index (χ0n) is 8.99. The molecule has 0 bridgehead atoms. The summed E-state index contributed by atoms with van der Waals surface area (Å²) in [6, 6.07) is 5.37. The van der Waals surface area contributed by atoms with Crippen molar-refractivity contribution >= 4 is 28.5 Å². The molecule has 3 aromatic rings. The Morgan fingerprint density at radius 1 is 1.41 bits per heavy atom. The quantitative estimate of drug-likeness (QED) is 0.694. The van der Waals surface area contributed by atoms with Crippen LogP contribution in [0.5, 0.6) is 0 Å². The molecule has 0 atom stereocenters. The molecule has 3 rings (SSSR count). The van der Waals surface area contributed by atoms with E-state index in [1.165, 1.54) is 18.1 Å². The van der Waals surface area contributed by atoms with E-state index in [2.05, 4.69) is 15.1 Å². The maximum absolute atomic E-state index is 5.67. The highest BCUT2D eigenvalue weighted by molar-refractivity contribution is 7.99. The van der Waals surface area contributed by atoms with Gasteiger partial charge in [-0.05, 0) is 12.1 Å². The Bertz CT molecular complexity index is 674. The normalized spacial score (nSPS) is 11.1. The smallest absolute Gasteiger partial charge is 0.264 e. The second kappa shape index (κ2) is 3.77. The molecule has 7 heteroatoms. The molecule has 2 aromatic heterocycles. The van der Waals surface area contributed by atoms with Crippen molar-refractivity contribution in [1.29, 1.82) is 0 Å². The number of hydrogen-bond acceptors (Lipinski definition) is 6. The minimum Gasteiger partial charge on any atom is -0.431 e. The van der Waals surface area contributed by atoms with E-state index in [0.717, 1.165) is 10.7 Å². The molecule has 1 aromatic carbocycles. The van der Waals surface area contributed by atoms with Crippen molar-refractivity contribution in [3.63, 3.8) is 0 Å². The topological polar surface area (TPSA) is 82.8 Å². The second-order valence-electron chi connectivity index (χ2n) is 3.48. The monoisotopic (exact) mass is 247 g/mol. The molecule has 6 nitrogen and oxygen atoms in total. The largest absolute Gasteiger partial charge is 0.431 e. The molecule has 0 amide bonds. The number of aryl methyl sites for hydroxylation is 1. The maximum Gasteiger partial charge on any atom is 0.264 e. The summed E-state index contributed by atoms with van der Waals surface area (Å²) in [6.45, 7) is 0. The zero-order valence-corrected chi connectivity index (χ0v) is 9.81. The number of nitrogens with zero attached hydrogens (tertiary/aromatic N) is 4. The van der Waals surface area contributed by atoms with E-state index in [-0.39, 0.29) is 0 Å². The lowest BCUT2D eigenvalue weighted by atomic mass is 10.3. The number of nitrogen functional groups attached to an aromatic ring is 1. The number of benzene rings is 1. The van der Waals surface area contributed by atoms with Crippen molar-refractivity contribution in [2.24, 2.45) is 7.05 Å². The first-order valence-electron chi connectivity index (χ1n) is 4.90. The molecule has 0 saturated carbocycles. The summed E-state index contributed by atoms with van der Waals surface area (Å²) in [6.07, 6.45) is 1.49. The van der Waals surface area contributed by atoms with Crippen molar-refractivity contribution in [2.45, 2.75) is 10.4 Å². The first kappa shape index (κ1) is 10.2. The van der Waals surface area contributed by atoms with Gasteiger partial charge in [-0.1, -0.05) is 0 Å². The van der Waals surface area contributed by atoms with E-state index in [0.29, 0.717) is 16.5 Å². The van der Waals surface area contributed by atoms with Gasteiger partial charge < -0.3 is 10.2 Å². The van der Waals surface area contributed by atoms with Crippen LogP contribution in [0, 0.1) is 0 Å². The Labute approximate surface area is 101 Å². The predicted octanol–water partition coefficient (Wildman–Crippen LogP) is 1.69. The summed E-state index contributed by atoms with van der Waals surface area (Å²) in [5, 5.41) is 5.23. The van der Waals surface area contributed by atoms with E-state index in [9.17, 15) is 0 Å². The summed E-state index contributed by atoms with van der Waals surface area (Å²) in [7, 11) is 1.82. The van der Waals surface area contributed by atoms with Gasteiger partial charge in [0.15, 0.2) is 10.7 Å². The lowest BCUT2D eigenvalue weighted by molar-refractivity contribution is 0.487. The summed E-state index contributed by atoms with van der Waals surface area (Å²) in [5.41, 5.74) is 7.79. The van der Waals surface area contributed by atoms with Crippen molar-refractivity contribution in [1.82, 2.24) is 19.7 Å². The Kier molecular flexibility index (Phi) is 2.25. The first-order valence-corrected chi connectivity index (χ1v) is 5.72. The average Bonchev–Trinajstić information content (AvgIpc) is 2.85. The molecule has 2 N–H and O–H groups in total. The van der Waals surface area contributed by atoms with Gasteiger partial charge in [-0.2, -0.15) is 5.10 Å². The van der Waals surface area contributed by atoms with Crippen LogP contribution >= 0.6 is 11.8 Å². The first-order chi connectivity index (χ1) is 8.22. The summed E-state index contributed by atoms with van der Waals surface area (Å²) in [4.78, 5) is 8.42. The predicted molar refractivity (Wildman–Crippen MR) is 63.5 cm³/mol. The number of anilines is 1. The van der Waals surface area contributed by atoms with Crippen molar-refractivity contribution in [3.05, 3.63) is 24.5 Å².